The normalized spacial score (nSPS) is 12.4. The van der Waals surface area contributed by atoms with E-state index < -0.39 is 5.97 Å². The van der Waals surface area contributed by atoms with Crippen molar-refractivity contribution in [1.29, 1.82) is 0 Å². The molecule has 1 aliphatic rings. The number of fused-ring (bicyclic) bond motifs is 3. The summed E-state index contributed by atoms with van der Waals surface area (Å²) in [6.07, 6.45) is 0. The summed E-state index contributed by atoms with van der Waals surface area (Å²) < 4.78 is 21.1. The number of hydrogen-bond donors (Lipinski definition) is 0. The fourth-order valence-electron chi connectivity index (χ4n) is 2.96. The highest BCUT2D eigenvalue weighted by Gasteiger charge is 2.30. The topological polar surface area (TPSA) is 44.1 Å². The molecule has 0 aliphatic carbocycles. The third-order valence-corrected chi connectivity index (χ3v) is 5.15. The Hall–Kier alpha value is -2.60. The van der Waals surface area contributed by atoms with Gasteiger partial charge in [0.05, 0.1) is 12.3 Å². The molecule has 0 bridgehead atoms. The smallest absolute Gasteiger partial charge is 0.359 e. The molecule has 4 nitrogen and oxygen atoms in total. The van der Waals surface area contributed by atoms with Crippen molar-refractivity contribution in [3.63, 3.8) is 0 Å². The van der Waals surface area contributed by atoms with E-state index in [2.05, 4.69) is 5.10 Å². The third kappa shape index (κ3) is 2.62. The minimum Gasteiger partial charge on any atom is -0.461 e. The van der Waals surface area contributed by atoms with E-state index >= 15 is 0 Å². The summed E-state index contributed by atoms with van der Waals surface area (Å²) in [6, 6.07) is 14.3. The number of aromatic nitrogens is 2. The molecule has 126 valence electrons. The van der Waals surface area contributed by atoms with Crippen LogP contribution in [0, 0.1) is 5.82 Å². The maximum absolute atomic E-state index is 14.4. The Morgan fingerprint density at radius 1 is 1.24 bits per heavy atom. The van der Waals surface area contributed by atoms with Gasteiger partial charge in [-0.3, -0.25) is 0 Å². The van der Waals surface area contributed by atoms with E-state index in [1.54, 1.807) is 36.9 Å². The van der Waals surface area contributed by atoms with Gasteiger partial charge in [-0.05, 0) is 25.1 Å². The van der Waals surface area contributed by atoms with Crippen molar-refractivity contribution in [2.45, 2.75) is 17.6 Å². The van der Waals surface area contributed by atoms with Crippen molar-refractivity contribution in [1.82, 2.24) is 9.78 Å². The highest BCUT2D eigenvalue weighted by Crippen LogP contribution is 2.43. The minimum absolute atomic E-state index is 0.252. The molecule has 6 heteroatoms. The van der Waals surface area contributed by atoms with Gasteiger partial charge in [0.1, 0.15) is 11.5 Å². The van der Waals surface area contributed by atoms with Gasteiger partial charge in [0.25, 0.3) is 0 Å². The Morgan fingerprint density at radius 2 is 2.00 bits per heavy atom. The van der Waals surface area contributed by atoms with Gasteiger partial charge in [-0.25, -0.2) is 13.9 Å². The molecule has 0 unspecified atom stereocenters. The van der Waals surface area contributed by atoms with Crippen LogP contribution in [0.1, 0.15) is 23.0 Å². The number of benzene rings is 2. The van der Waals surface area contributed by atoms with E-state index in [0.717, 1.165) is 21.7 Å². The second kappa shape index (κ2) is 6.37. The Kier molecular flexibility index (Phi) is 4.05. The monoisotopic (exact) mass is 354 g/mol. The van der Waals surface area contributed by atoms with Crippen molar-refractivity contribution in [2.75, 3.05) is 6.61 Å². The largest absolute Gasteiger partial charge is 0.461 e. The summed E-state index contributed by atoms with van der Waals surface area (Å²) >= 11 is 1.64. The van der Waals surface area contributed by atoms with Gasteiger partial charge in [0, 0.05) is 21.8 Å². The van der Waals surface area contributed by atoms with Crippen molar-refractivity contribution in [3.05, 3.63) is 65.6 Å². The summed E-state index contributed by atoms with van der Waals surface area (Å²) in [5.74, 6) is -0.276. The first-order chi connectivity index (χ1) is 12.2. The lowest BCUT2D eigenvalue weighted by Crippen LogP contribution is -2.08. The third-order valence-electron chi connectivity index (χ3n) is 4.05. The first kappa shape index (κ1) is 15.9. The van der Waals surface area contributed by atoms with Crippen LogP contribution < -0.4 is 0 Å². The van der Waals surface area contributed by atoms with Crippen molar-refractivity contribution in [3.8, 4) is 16.9 Å². The molecule has 25 heavy (non-hydrogen) atoms. The molecule has 0 amide bonds. The number of carbonyl (C=O) groups excluding carboxylic acids is 1. The highest BCUT2D eigenvalue weighted by molar-refractivity contribution is 7.98. The number of hydrogen-bond acceptors (Lipinski definition) is 4. The lowest BCUT2D eigenvalue weighted by Gasteiger charge is -2.18. The van der Waals surface area contributed by atoms with Gasteiger partial charge in [0.15, 0.2) is 5.69 Å². The van der Waals surface area contributed by atoms with Gasteiger partial charge >= 0.3 is 5.97 Å². The molecule has 1 aliphatic heterocycles. The van der Waals surface area contributed by atoms with Gasteiger partial charge in [-0.15, -0.1) is 11.8 Å². The number of thioether (sulfide) groups is 1. The van der Waals surface area contributed by atoms with Crippen molar-refractivity contribution < 1.29 is 13.9 Å². The molecular weight excluding hydrogens is 339 g/mol. The van der Waals surface area contributed by atoms with Crippen molar-refractivity contribution >= 4 is 17.7 Å². The number of carbonyl (C=O) groups is 1. The first-order valence-corrected chi connectivity index (χ1v) is 8.95. The Labute approximate surface area is 148 Å². The van der Waals surface area contributed by atoms with Crippen LogP contribution in [-0.4, -0.2) is 22.4 Å². The summed E-state index contributed by atoms with van der Waals surface area (Å²) in [6.45, 7) is 2.02. The van der Waals surface area contributed by atoms with Crippen molar-refractivity contribution in [2.24, 2.45) is 0 Å². The average molecular weight is 354 g/mol. The number of halogens is 1. The van der Waals surface area contributed by atoms with E-state index in [1.165, 1.54) is 10.7 Å². The molecule has 1 aromatic heterocycles. The van der Waals surface area contributed by atoms with Gasteiger partial charge in [-0.1, -0.05) is 30.3 Å². The summed E-state index contributed by atoms with van der Waals surface area (Å²) in [5.41, 5.74) is 3.05. The number of nitrogens with zero attached hydrogens (tertiary/aromatic N) is 2. The zero-order valence-corrected chi connectivity index (χ0v) is 14.3. The Balaban J connectivity index is 2.00. The molecule has 0 saturated carbocycles. The quantitative estimate of drug-likeness (QED) is 0.652. The SMILES string of the molecule is CCOC(=O)c1nn(-c2ccccc2F)c2c1CSc1ccccc1-2. The Bertz CT molecular complexity index is 968. The summed E-state index contributed by atoms with van der Waals surface area (Å²) in [5, 5.41) is 4.43. The minimum atomic E-state index is -0.478. The van der Waals surface area contributed by atoms with Gasteiger partial charge in [0.2, 0.25) is 0 Å². The lowest BCUT2D eigenvalue weighted by molar-refractivity contribution is 0.0518. The average Bonchev–Trinajstić information content (AvgIpc) is 3.02. The van der Waals surface area contributed by atoms with E-state index in [-0.39, 0.29) is 18.1 Å². The van der Waals surface area contributed by atoms with Crippen LogP contribution in [0.4, 0.5) is 4.39 Å². The summed E-state index contributed by atoms with van der Waals surface area (Å²) in [7, 11) is 0. The molecular formula is C19H15FN2O2S. The molecule has 0 atom stereocenters. The zero-order chi connectivity index (χ0) is 17.4. The molecule has 2 heterocycles. The number of rotatable bonds is 3. The molecule has 0 fully saturated rings. The van der Waals surface area contributed by atoms with Crippen LogP contribution in [0.15, 0.2) is 53.4 Å². The highest BCUT2D eigenvalue weighted by atomic mass is 32.2. The number of esters is 1. The van der Waals surface area contributed by atoms with E-state index in [1.807, 2.05) is 24.3 Å². The fourth-order valence-corrected chi connectivity index (χ4v) is 4.03. The first-order valence-electron chi connectivity index (χ1n) is 7.96. The molecule has 0 radical (unpaired) electrons. The lowest BCUT2D eigenvalue weighted by atomic mass is 10.1. The van der Waals surface area contributed by atoms with Gasteiger partial charge < -0.3 is 4.74 Å². The zero-order valence-electron chi connectivity index (χ0n) is 13.5. The van der Waals surface area contributed by atoms with Crippen LogP contribution in [-0.2, 0) is 10.5 Å². The second-order valence-electron chi connectivity index (χ2n) is 5.54. The van der Waals surface area contributed by atoms with Crippen LogP contribution in [0.5, 0.6) is 0 Å². The molecule has 4 rings (SSSR count). The molecule has 0 N–H and O–H groups in total. The van der Waals surface area contributed by atoms with Crippen LogP contribution in [0.3, 0.4) is 0 Å². The number of ether oxygens (including phenoxy) is 1. The van der Waals surface area contributed by atoms with Crippen LogP contribution >= 0.6 is 11.8 Å². The van der Waals surface area contributed by atoms with Gasteiger partial charge in [-0.2, -0.15) is 5.10 Å². The predicted octanol–water partition coefficient (Wildman–Crippen LogP) is 4.46. The molecule has 3 aromatic rings. The molecule has 2 aromatic carbocycles. The fraction of sp³-hybridized carbons (Fsp3) is 0.158. The number of para-hydroxylation sites is 1. The molecule has 0 spiro atoms. The molecule has 0 saturated heterocycles. The predicted molar refractivity (Wildman–Crippen MR) is 94.5 cm³/mol. The van der Waals surface area contributed by atoms with Crippen LogP contribution in [0.25, 0.3) is 16.9 Å². The van der Waals surface area contributed by atoms with E-state index in [0.29, 0.717) is 11.4 Å². The van der Waals surface area contributed by atoms with E-state index in [4.69, 9.17) is 4.74 Å². The summed E-state index contributed by atoms with van der Waals surface area (Å²) in [4.78, 5) is 13.4. The maximum atomic E-state index is 14.4. The standard InChI is InChI=1S/C19H15FN2O2S/c1-2-24-19(23)17-13-11-25-16-10-6-3-7-12(16)18(13)22(21-17)15-9-5-4-8-14(15)20/h3-10H,2,11H2,1H3. The maximum Gasteiger partial charge on any atom is 0.359 e. The second-order valence-corrected chi connectivity index (χ2v) is 6.56. The van der Waals surface area contributed by atoms with Crippen LogP contribution in [0.2, 0.25) is 0 Å². The van der Waals surface area contributed by atoms with E-state index in [9.17, 15) is 9.18 Å². The Morgan fingerprint density at radius 3 is 2.80 bits per heavy atom.